The normalized spacial score (nSPS) is 17.5. The van der Waals surface area contributed by atoms with Crippen LogP contribution in [0.15, 0.2) is 89.6 Å². The number of benzene rings is 3. The maximum Gasteiger partial charge on any atom is 0.416 e. The largest absolute Gasteiger partial charge is 0.455 e. The second-order valence-electron chi connectivity index (χ2n) is 17.2. The van der Waals surface area contributed by atoms with Crippen molar-refractivity contribution in [3.63, 3.8) is 0 Å². The van der Waals surface area contributed by atoms with E-state index in [0.717, 1.165) is 85.9 Å². The summed E-state index contributed by atoms with van der Waals surface area (Å²) >= 11 is 7.53. The van der Waals surface area contributed by atoms with Gasteiger partial charge in [0.25, 0.3) is 11.6 Å². The molecule has 3 N–H and O–H groups in total. The molecule has 3 aromatic carbocycles. The van der Waals surface area contributed by atoms with Crippen LogP contribution in [0.3, 0.4) is 0 Å². The van der Waals surface area contributed by atoms with Gasteiger partial charge in [-0.25, -0.2) is 4.98 Å². The van der Waals surface area contributed by atoms with Gasteiger partial charge >= 0.3 is 6.18 Å². The van der Waals surface area contributed by atoms with E-state index in [2.05, 4.69) is 43.7 Å². The van der Waals surface area contributed by atoms with Crippen molar-refractivity contribution in [2.24, 2.45) is 11.3 Å². The summed E-state index contributed by atoms with van der Waals surface area (Å²) in [5, 5.41) is 16.2. The molecule has 2 aromatic heterocycles. The van der Waals surface area contributed by atoms with Gasteiger partial charge in [0.2, 0.25) is 0 Å². The van der Waals surface area contributed by atoms with E-state index in [9.17, 15) is 28.1 Å². The molecular formula is C46H49ClF3N7O5S. The van der Waals surface area contributed by atoms with Gasteiger partial charge in [0.15, 0.2) is 0 Å². The van der Waals surface area contributed by atoms with Gasteiger partial charge in [0.1, 0.15) is 22.8 Å². The van der Waals surface area contributed by atoms with E-state index in [0.29, 0.717) is 78.6 Å². The van der Waals surface area contributed by atoms with Gasteiger partial charge in [-0.15, -0.1) is 0 Å². The van der Waals surface area contributed by atoms with Crippen LogP contribution in [0.5, 0.6) is 11.5 Å². The molecule has 2 saturated heterocycles. The quantitative estimate of drug-likeness (QED) is 0.0595. The van der Waals surface area contributed by atoms with Crippen molar-refractivity contribution in [1.82, 2.24) is 19.6 Å². The van der Waals surface area contributed by atoms with E-state index >= 15 is 0 Å². The maximum absolute atomic E-state index is 13.9. The number of nitrogens with one attached hydrogen (secondary N) is 3. The van der Waals surface area contributed by atoms with Crippen molar-refractivity contribution in [2.45, 2.75) is 57.0 Å². The summed E-state index contributed by atoms with van der Waals surface area (Å²) < 4.78 is 55.1. The highest BCUT2D eigenvalue weighted by Crippen LogP contribution is 2.46. The average Bonchev–Trinajstić information content (AvgIpc) is 3.74. The number of alkyl halides is 3. The monoisotopic (exact) mass is 903 g/mol. The highest BCUT2D eigenvalue weighted by molar-refractivity contribution is 7.98. The van der Waals surface area contributed by atoms with Crippen molar-refractivity contribution in [3.8, 4) is 11.5 Å². The number of nitro groups is 1. The Bertz CT molecular complexity index is 2520. The zero-order valence-corrected chi connectivity index (χ0v) is 36.6. The minimum atomic E-state index is -4.47. The number of allylic oxidation sites excluding steroid dienone is 1. The Morgan fingerprint density at radius 3 is 2.60 bits per heavy atom. The molecular weight excluding hydrogens is 855 g/mol. The minimum Gasteiger partial charge on any atom is -0.455 e. The molecule has 0 bridgehead atoms. The molecule has 2 aliphatic heterocycles. The molecule has 63 heavy (non-hydrogen) atoms. The van der Waals surface area contributed by atoms with Crippen LogP contribution in [-0.4, -0.2) is 78.2 Å². The summed E-state index contributed by atoms with van der Waals surface area (Å²) in [6.07, 6.45) is 3.23. The lowest BCUT2D eigenvalue weighted by Crippen LogP contribution is -2.47. The zero-order valence-electron chi connectivity index (χ0n) is 35.0. The van der Waals surface area contributed by atoms with Crippen LogP contribution in [0.25, 0.3) is 16.6 Å². The van der Waals surface area contributed by atoms with Crippen LogP contribution in [0.1, 0.15) is 67.4 Å². The molecule has 332 valence electrons. The number of ether oxygens (including phenoxy) is 2. The number of hydrogen-bond acceptors (Lipinski definition) is 10. The van der Waals surface area contributed by atoms with Crippen LogP contribution in [0.4, 0.5) is 30.2 Å². The van der Waals surface area contributed by atoms with Crippen molar-refractivity contribution >= 4 is 63.1 Å². The predicted octanol–water partition coefficient (Wildman–Crippen LogP) is 11.0. The molecule has 1 amide bonds. The van der Waals surface area contributed by atoms with Gasteiger partial charge in [-0.3, -0.25) is 24.5 Å². The van der Waals surface area contributed by atoms with Gasteiger partial charge in [-0.05, 0) is 115 Å². The zero-order chi connectivity index (χ0) is 44.3. The molecule has 12 nitrogen and oxygen atoms in total. The number of rotatable bonds is 13. The number of hydrogen-bond donors (Lipinski definition) is 3. The summed E-state index contributed by atoms with van der Waals surface area (Å²) in [5.41, 5.74) is 4.30. The number of nitrogens with zero attached hydrogens (tertiary/aromatic N) is 4. The van der Waals surface area contributed by atoms with Gasteiger partial charge < -0.3 is 24.7 Å². The Labute approximate surface area is 372 Å². The Morgan fingerprint density at radius 2 is 1.86 bits per heavy atom. The third kappa shape index (κ3) is 10.7. The van der Waals surface area contributed by atoms with Gasteiger partial charge in [0.05, 0.1) is 22.2 Å². The minimum absolute atomic E-state index is 0.0108. The smallest absolute Gasteiger partial charge is 0.416 e. The number of piperazine rings is 1. The van der Waals surface area contributed by atoms with E-state index in [-0.39, 0.29) is 21.7 Å². The molecule has 17 heteroatoms. The molecule has 2 fully saturated rings. The topological polar surface area (TPSA) is 138 Å². The van der Waals surface area contributed by atoms with Crippen molar-refractivity contribution in [1.29, 1.82) is 0 Å². The number of carbonyl (C=O) groups excluding carboxylic acids is 1. The number of fused-ring (bicyclic) bond motifs is 1. The fourth-order valence-electron chi connectivity index (χ4n) is 8.49. The van der Waals surface area contributed by atoms with E-state index < -0.39 is 22.6 Å². The van der Waals surface area contributed by atoms with E-state index in [1.807, 2.05) is 24.3 Å². The van der Waals surface area contributed by atoms with Crippen LogP contribution in [0, 0.1) is 21.4 Å². The van der Waals surface area contributed by atoms with E-state index in [1.165, 1.54) is 17.7 Å². The summed E-state index contributed by atoms with van der Waals surface area (Å²) in [4.78, 5) is 38.1. The number of aromatic amines is 1. The second-order valence-corrected chi connectivity index (χ2v) is 18.4. The lowest BCUT2D eigenvalue weighted by atomic mass is 9.72. The standard InChI is InChI=1S/C46H49ClF3N7O5S/c1-45(2)13-9-31(38(25-45)36-6-3-32(22-39(36)47)46(48,49)50)28-55-15-17-56(18-16-55)33-4-7-37(42(23-33)62-34-21-30-10-14-51-43(30)53-27-34)44(58)54-63-35-5-8-40(41(24-35)57(59)60)52-26-29-11-19-61-20-12-29/h3-8,10,14,21-24,27,29,52H,9,11-13,15-20,25-26,28H2,1-2H3,(H,51,53)(H,54,58). The van der Waals surface area contributed by atoms with E-state index in [1.54, 1.807) is 30.6 Å². The average molecular weight is 904 g/mol. The summed E-state index contributed by atoms with van der Waals surface area (Å²) in [7, 11) is 0. The second kappa shape index (κ2) is 18.8. The molecule has 1 aliphatic carbocycles. The molecule has 5 aromatic rings. The third-order valence-corrected chi connectivity index (χ3v) is 13.2. The van der Waals surface area contributed by atoms with Crippen molar-refractivity contribution in [3.05, 3.63) is 117 Å². The number of carbonyl (C=O) groups is 1. The van der Waals surface area contributed by atoms with Crippen LogP contribution in [0.2, 0.25) is 5.02 Å². The first-order valence-electron chi connectivity index (χ1n) is 21.1. The Kier molecular flexibility index (Phi) is 13.2. The van der Waals surface area contributed by atoms with Crippen LogP contribution < -0.4 is 19.7 Å². The third-order valence-electron chi connectivity index (χ3n) is 12.1. The van der Waals surface area contributed by atoms with Crippen molar-refractivity contribution < 1.29 is 32.4 Å². The highest BCUT2D eigenvalue weighted by atomic mass is 35.5. The lowest BCUT2D eigenvalue weighted by Gasteiger charge is -2.39. The molecule has 0 atom stereocenters. The molecule has 0 unspecified atom stereocenters. The summed E-state index contributed by atoms with van der Waals surface area (Å²) in [6, 6.07) is 17.7. The Hall–Kier alpha value is -5.29. The van der Waals surface area contributed by atoms with Gasteiger partial charge in [-0.2, -0.15) is 13.2 Å². The summed E-state index contributed by atoms with van der Waals surface area (Å²) in [6.45, 7) is 9.88. The molecule has 0 saturated carbocycles. The van der Waals surface area contributed by atoms with Crippen LogP contribution in [-0.2, 0) is 10.9 Å². The van der Waals surface area contributed by atoms with Crippen LogP contribution >= 0.6 is 23.5 Å². The number of nitro benzene ring substituents is 1. The fourth-order valence-corrected chi connectivity index (χ4v) is 9.41. The number of aromatic nitrogens is 2. The number of anilines is 2. The highest BCUT2D eigenvalue weighted by Gasteiger charge is 2.34. The Morgan fingerprint density at radius 1 is 1.06 bits per heavy atom. The number of H-pyrrole nitrogens is 1. The van der Waals surface area contributed by atoms with E-state index in [4.69, 9.17) is 21.1 Å². The number of pyridine rings is 1. The molecule has 0 radical (unpaired) electrons. The SMILES string of the molecule is CC1(C)CCC(CN2CCN(c3ccc(C(=O)NSc4ccc(NCC5CCOCC5)c([N+](=O)[O-])c4)c(Oc4cnc5[nH]ccc5c4)c3)CC2)=C(c2ccc(C(F)(F)F)cc2Cl)C1. The Balaban J connectivity index is 0.973. The molecule has 3 aliphatic rings. The predicted molar refractivity (Wildman–Crippen MR) is 241 cm³/mol. The first kappa shape index (κ1) is 44.3. The van der Waals surface area contributed by atoms with Crippen molar-refractivity contribution in [2.75, 3.05) is 62.7 Å². The van der Waals surface area contributed by atoms with Gasteiger partial charge in [0, 0.05) is 91.8 Å². The molecule has 8 rings (SSSR count). The summed E-state index contributed by atoms with van der Waals surface area (Å²) in [5.74, 6) is 0.686. The molecule has 4 heterocycles. The first-order chi connectivity index (χ1) is 30.2. The fraction of sp³-hybridized carbons (Fsp3) is 0.391. The van der Waals surface area contributed by atoms with Gasteiger partial charge in [-0.1, -0.05) is 37.1 Å². The maximum atomic E-state index is 13.9. The molecule has 0 spiro atoms. The number of halogens is 4. The number of amides is 1. The first-order valence-corrected chi connectivity index (χ1v) is 22.3. The lowest BCUT2D eigenvalue weighted by molar-refractivity contribution is -0.384.